The van der Waals surface area contributed by atoms with E-state index in [9.17, 15) is 20.1 Å². The van der Waals surface area contributed by atoms with Crippen LogP contribution in [0.5, 0.6) is 0 Å². The highest BCUT2D eigenvalue weighted by atomic mass is 19.1. The summed E-state index contributed by atoms with van der Waals surface area (Å²) in [6.45, 7) is 9.09. The van der Waals surface area contributed by atoms with Gasteiger partial charge in [-0.1, -0.05) is 410 Å². The zero-order valence-electron chi connectivity index (χ0n) is 62.9. The lowest BCUT2D eigenvalue weighted by Crippen LogP contribution is -2.34. The first kappa shape index (κ1) is 81.6. The van der Waals surface area contributed by atoms with Gasteiger partial charge in [0.15, 0.2) is 0 Å². The molecule has 0 saturated carbocycles. The molecule has 14 heteroatoms. The van der Waals surface area contributed by atoms with Gasteiger partial charge in [0.05, 0.1) is 0 Å². The van der Waals surface area contributed by atoms with E-state index in [1.165, 1.54) is 257 Å². The molecule has 5 aromatic rings. The summed E-state index contributed by atoms with van der Waals surface area (Å²) in [5.41, 5.74) is 1.94. The third-order valence-electron chi connectivity index (χ3n) is 23.4. The van der Waals surface area contributed by atoms with Crippen LogP contribution in [-0.4, -0.2) is 55.0 Å². The Bertz CT molecular complexity index is 2700. The molecular formula is C84H138B2F2N4O6. The van der Waals surface area contributed by atoms with Crippen molar-refractivity contribution < 1.29 is 38.1 Å². The first-order chi connectivity index (χ1) is 48.1. The second-order valence-corrected chi connectivity index (χ2v) is 31.1. The van der Waals surface area contributed by atoms with Crippen molar-refractivity contribution in [2.45, 2.75) is 424 Å². The van der Waals surface area contributed by atoms with Gasteiger partial charge in [-0.3, -0.25) is 0 Å². The monoisotopic (exact) mass is 1360 g/mol. The largest absolute Gasteiger partial charge is 0.490 e. The van der Waals surface area contributed by atoms with E-state index in [1.54, 1.807) is 12.1 Å². The SMILES string of the molecule is CCCCCCCCCCCCCCCCC1(CCCCCCCCCCCCCCCC)c2cc(B(O)O)c3nonc3c2-c2c(F)c3c(c(F)c21)-c1c(cc(B(O)O)c2nonc12)C3(CCCCCCCCCCCCCCCC)CCCCCCCCCCCCCCCC. The number of aromatic nitrogens is 4. The summed E-state index contributed by atoms with van der Waals surface area (Å²) in [7, 11) is -3.87. The van der Waals surface area contributed by atoms with Gasteiger partial charge in [0.1, 0.15) is 33.7 Å². The zero-order chi connectivity index (χ0) is 69.5. The van der Waals surface area contributed by atoms with E-state index < -0.39 is 36.7 Å². The molecule has 2 aromatic heterocycles. The lowest BCUT2D eigenvalue weighted by molar-refractivity contribution is 0.315. The smallest absolute Gasteiger partial charge is 0.423 e. The van der Waals surface area contributed by atoms with Crippen molar-refractivity contribution in [3.8, 4) is 22.3 Å². The molecule has 0 atom stereocenters. The van der Waals surface area contributed by atoms with Crippen molar-refractivity contribution in [3.63, 3.8) is 0 Å². The number of benzene rings is 3. The third kappa shape index (κ3) is 23.7. The van der Waals surface area contributed by atoms with Gasteiger partial charge < -0.3 is 20.1 Å². The summed E-state index contributed by atoms with van der Waals surface area (Å²) < 4.78 is 51.2. The lowest BCUT2D eigenvalue weighted by Gasteiger charge is -2.35. The summed E-state index contributed by atoms with van der Waals surface area (Å²) >= 11 is 0. The second-order valence-electron chi connectivity index (χ2n) is 31.1. The number of hydrogen-bond acceptors (Lipinski definition) is 10. The molecule has 0 unspecified atom stereocenters. The van der Waals surface area contributed by atoms with Crippen LogP contribution >= 0.6 is 0 Å². The maximum Gasteiger partial charge on any atom is 0.490 e. The fourth-order valence-corrected chi connectivity index (χ4v) is 17.7. The molecule has 2 aliphatic carbocycles. The Kier molecular flexibility index (Phi) is 39.0. The van der Waals surface area contributed by atoms with Gasteiger partial charge in [-0.15, -0.1) is 0 Å². The van der Waals surface area contributed by atoms with Crippen molar-refractivity contribution in [1.82, 2.24) is 20.6 Å². The van der Waals surface area contributed by atoms with Crippen LogP contribution in [0.2, 0.25) is 0 Å². The Balaban J connectivity index is 1.24. The van der Waals surface area contributed by atoms with E-state index in [0.717, 1.165) is 103 Å². The van der Waals surface area contributed by atoms with Crippen LogP contribution in [0.3, 0.4) is 0 Å². The zero-order valence-corrected chi connectivity index (χ0v) is 62.9. The maximum absolute atomic E-state index is 20.1. The average Bonchev–Trinajstić information content (AvgIpc) is 1.50. The topological polar surface area (TPSA) is 159 Å². The van der Waals surface area contributed by atoms with Crippen molar-refractivity contribution in [2.75, 3.05) is 0 Å². The average molecular weight is 1360 g/mol. The Hall–Kier alpha value is -3.71. The van der Waals surface area contributed by atoms with Crippen LogP contribution in [0.25, 0.3) is 44.3 Å². The summed E-state index contributed by atoms with van der Waals surface area (Å²) in [5, 5.41) is 62.5. The molecule has 0 amide bonds. The summed E-state index contributed by atoms with van der Waals surface area (Å²) in [6, 6.07) is 3.56. The van der Waals surface area contributed by atoms with Gasteiger partial charge in [-0.2, -0.15) is 0 Å². The fourth-order valence-electron chi connectivity index (χ4n) is 17.7. The second kappa shape index (κ2) is 46.8. The molecule has 10 nitrogen and oxygen atoms in total. The standard InChI is InChI=1S/C84H138B2F2N4O6/c1-5-9-13-17-21-25-29-33-37-41-45-49-53-57-61-83(62-58-54-50-46-42-38-34-30-26-22-18-14-10-6-2)67-65-69(85(93)94)79-81(91-97-89-79)71(67)73-75(83)77(87)74-72-68(66-70(86(95)96)80-82(72)92-98-90-80)84(76(74)78(73)88,63-59-55-51-47-43-39-35-31-27-23-19-15-11-7-3)64-60-56-52-48-44-40-36-32-28-24-20-16-12-8-4/h65-66,93-96H,5-64H2,1-4H3. The Morgan fingerprint density at radius 3 is 0.653 bits per heavy atom. The highest BCUT2D eigenvalue weighted by molar-refractivity contribution is 6.62. The van der Waals surface area contributed by atoms with Crippen molar-refractivity contribution in [1.29, 1.82) is 0 Å². The van der Waals surface area contributed by atoms with Crippen LogP contribution in [0.15, 0.2) is 21.4 Å². The minimum atomic E-state index is -1.93. The van der Waals surface area contributed by atoms with Gasteiger partial charge in [0.25, 0.3) is 0 Å². The van der Waals surface area contributed by atoms with Crippen LogP contribution in [0, 0.1) is 11.6 Å². The summed E-state index contributed by atoms with van der Waals surface area (Å²) in [5.74, 6) is -0.990. The molecule has 550 valence electrons. The predicted molar refractivity (Wildman–Crippen MR) is 409 cm³/mol. The number of unbranched alkanes of at least 4 members (excludes halogenated alkanes) is 52. The third-order valence-corrected chi connectivity index (χ3v) is 23.4. The van der Waals surface area contributed by atoms with E-state index in [4.69, 9.17) is 9.26 Å². The fraction of sp³-hybridized carbons (Fsp3) is 0.786. The maximum atomic E-state index is 20.1. The molecule has 3 aromatic carbocycles. The van der Waals surface area contributed by atoms with E-state index >= 15 is 8.78 Å². The molecule has 2 aliphatic rings. The van der Waals surface area contributed by atoms with Crippen molar-refractivity contribution >= 4 is 47.2 Å². The Labute approximate surface area is 595 Å². The molecule has 4 N–H and O–H groups in total. The Morgan fingerprint density at radius 1 is 0.276 bits per heavy atom. The molecule has 0 radical (unpaired) electrons. The van der Waals surface area contributed by atoms with Crippen LogP contribution in [-0.2, 0) is 10.8 Å². The van der Waals surface area contributed by atoms with Crippen LogP contribution in [0.1, 0.15) is 435 Å². The molecule has 7 rings (SSSR count). The first-order valence-electron chi connectivity index (χ1n) is 42.0. The normalized spacial score (nSPS) is 13.6. The number of halogens is 2. The highest BCUT2D eigenvalue weighted by Crippen LogP contribution is 2.64. The number of nitrogens with zero attached hydrogens (tertiary/aromatic N) is 4. The molecule has 98 heavy (non-hydrogen) atoms. The van der Waals surface area contributed by atoms with E-state index in [-0.39, 0.29) is 44.1 Å². The number of fused-ring (bicyclic) bond motifs is 10. The van der Waals surface area contributed by atoms with Crippen LogP contribution < -0.4 is 10.9 Å². The lowest BCUT2D eigenvalue weighted by atomic mass is 9.67. The van der Waals surface area contributed by atoms with Gasteiger partial charge >= 0.3 is 14.2 Å². The molecule has 2 heterocycles. The molecule has 0 bridgehead atoms. The quantitative estimate of drug-likeness (QED) is 0.0218. The van der Waals surface area contributed by atoms with E-state index in [1.807, 2.05) is 0 Å². The van der Waals surface area contributed by atoms with Crippen molar-refractivity contribution in [3.05, 3.63) is 46.0 Å². The first-order valence-corrected chi connectivity index (χ1v) is 42.0. The molecule has 0 aliphatic heterocycles. The summed E-state index contributed by atoms with van der Waals surface area (Å²) in [4.78, 5) is 0. The Morgan fingerprint density at radius 2 is 0.459 bits per heavy atom. The minimum Gasteiger partial charge on any atom is -0.423 e. The van der Waals surface area contributed by atoms with Crippen LogP contribution in [0.4, 0.5) is 8.78 Å². The van der Waals surface area contributed by atoms with Gasteiger partial charge in [0, 0.05) is 55.1 Å². The molecule has 0 saturated heterocycles. The van der Waals surface area contributed by atoms with E-state index in [0.29, 0.717) is 59.1 Å². The van der Waals surface area contributed by atoms with Gasteiger partial charge in [-0.25, -0.2) is 18.0 Å². The molecule has 0 fully saturated rings. The van der Waals surface area contributed by atoms with Crippen molar-refractivity contribution in [2.24, 2.45) is 0 Å². The van der Waals surface area contributed by atoms with Gasteiger partial charge in [0.2, 0.25) is 0 Å². The number of hydrogen-bond donors (Lipinski definition) is 4. The van der Waals surface area contributed by atoms with Gasteiger partial charge in [-0.05, 0) is 47.1 Å². The minimum absolute atomic E-state index is 0.119. The highest BCUT2D eigenvalue weighted by Gasteiger charge is 2.55. The molecular weight excluding hydrogens is 1220 g/mol. The van der Waals surface area contributed by atoms with E-state index in [2.05, 4.69) is 48.3 Å². The predicted octanol–water partition coefficient (Wildman–Crippen LogP) is 24.4. The summed E-state index contributed by atoms with van der Waals surface area (Å²) in [6.07, 6.45) is 69.4. The molecule has 0 spiro atoms. The number of rotatable bonds is 62.